The molecule has 20 heavy (non-hydrogen) atoms. The summed E-state index contributed by atoms with van der Waals surface area (Å²) in [4.78, 5) is 15.4. The molecule has 0 N–H and O–H groups in total. The number of methoxy groups -OCH3 is 1. The second-order valence-corrected chi connectivity index (χ2v) is 3.88. The van der Waals surface area contributed by atoms with Crippen LogP contribution >= 0.6 is 0 Å². The second-order valence-electron chi connectivity index (χ2n) is 3.88. The Bertz CT molecular complexity index is 557. The van der Waals surface area contributed by atoms with Gasteiger partial charge in [0.15, 0.2) is 0 Å². The number of carbonyl (C=O) groups excluding carboxylic acids is 1. The number of carbonyl (C=O) groups is 1. The van der Waals surface area contributed by atoms with Gasteiger partial charge in [0.2, 0.25) is 5.88 Å². The first kappa shape index (κ1) is 13.9. The van der Waals surface area contributed by atoms with Crippen molar-refractivity contribution in [1.82, 2.24) is 4.98 Å². The molecule has 2 rings (SSSR count). The molecule has 0 unspecified atom stereocenters. The van der Waals surface area contributed by atoms with Gasteiger partial charge in [-0.05, 0) is 18.2 Å². The van der Waals surface area contributed by atoms with E-state index in [9.17, 15) is 4.79 Å². The van der Waals surface area contributed by atoms with Gasteiger partial charge in [0, 0.05) is 12.3 Å². The van der Waals surface area contributed by atoms with E-state index in [4.69, 9.17) is 9.47 Å². The van der Waals surface area contributed by atoms with Gasteiger partial charge >= 0.3 is 5.97 Å². The van der Waals surface area contributed by atoms with E-state index in [2.05, 4.69) is 9.72 Å². The Morgan fingerprint density at radius 3 is 2.60 bits per heavy atom. The predicted octanol–water partition coefficient (Wildman–Crippen LogP) is 2.33. The fraction of sp³-hybridized carbons (Fsp3) is 0.200. The predicted molar refractivity (Wildman–Crippen MR) is 73.0 cm³/mol. The van der Waals surface area contributed by atoms with Crippen molar-refractivity contribution < 1.29 is 19.0 Å². The van der Waals surface area contributed by atoms with Crippen molar-refractivity contribution in [2.24, 2.45) is 0 Å². The van der Waals surface area contributed by atoms with Crippen LogP contribution in [0, 0.1) is 0 Å². The number of rotatable bonds is 6. The average Bonchev–Trinajstić information content (AvgIpc) is 2.52. The highest BCUT2D eigenvalue weighted by atomic mass is 16.5. The lowest BCUT2D eigenvalue weighted by molar-refractivity contribution is 0.0600. The van der Waals surface area contributed by atoms with Crippen molar-refractivity contribution in [2.75, 3.05) is 20.3 Å². The first-order valence-corrected chi connectivity index (χ1v) is 6.14. The summed E-state index contributed by atoms with van der Waals surface area (Å²) in [5.74, 6) is 0.731. The fourth-order valence-electron chi connectivity index (χ4n) is 1.56. The van der Waals surface area contributed by atoms with Crippen LogP contribution in [0.15, 0.2) is 48.7 Å². The molecule has 0 aliphatic carbocycles. The first-order chi connectivity index (χ1) is 9.79. The molecule has 5 heteroatoms. The molecule has 0 amide bonds. The van der Waals surface area contributed by atoms with Gasteiger partial charge in [-0.15, -0.1) is 0 Å². The molecule has 1 heterocycles. The van der Waals surface area contributed by atoms with E-state index in [-0.39, 0.29) is 0 Å². The number of esters is 1. The quantitative estimate of drug-likeness (QED) is 0.597. The molecule has 0 saturated carbocycles. The van der Waals surface area contributed by atoms with E-state index >= 15 is 0 Å². The Morgan fingerprint density at radius 1 is 1.10 bits per heavy atom. The SMILES string of the molecule is COC(=O)c1ccnc(OCCOc2ccccc2)c1. The van der Waals surface area contributed by atoms with E-state index in [0.29, 0.717) is 24.7 Å². The maximum atomic E-state index is 11.4. The zero-order valence-electron chi connectivity index (χ0n) is 11.1. The van der Waals surface area contributed by atoms with E-state index < -0.39 is 5.97 Å². The van der Waals surface area contributed by atoms with E-state index in [1.165, 1.54) is 19.4 Å². The molecule has 0 spiro atoms. The van der Waals surface area contributed by atoms with Crippen molar-refractivity contribution in [1.29, 1.82) is 0 Å². The number of aromatic nitrogens is 1. The molecule has 0 aliphatic heterocycles. The van der Waals surface area contributed by atoms with Crippen LogP contribution in [0.4, 0.5) is 0 Å². The van der Waals surface area contributed by atoms with Gasteiger partial charge in [-0.2, -0.15) is 0 Å². The third kappa shape index (κ3) is 3.98. The number of benzene rings is 1. The van der Waals surface area contributed by atoms with E-state index in [0.717, 1.165) is 5.75 Å². The standard InChI is InChI=1S/C15H15NO4/c1-18-15(17)12-7-8-16-14(11-12)20-10-9-19-13-5-3-2-4-6-13/h2-8,11H,9-10H2,1H3. The Labute approximate surface area is 117 Å². The highest BCUT2D eigenvalue weighted by Crippen LogP contribution is 2.11. The van der Waals surface area contributed by atoms with Gasteiger partial charge in [-0.1, -0.05) is 18.2 Å². The van der Waals surface area contributed by atoms with E-state index in [1.54, 1.807) is 6.07 Å². The van der Waals surface area contributed by atoms with Crippen molar-refractivity contribution in [3.05, 3.63) is 54.2 Å². The minimum atomic E-state index is -0.419. The Morgan fingerprint density at radius 2 is 1.85 bits per heavy atom. The Balaban J connectivity index is 1.81. The molecule has 5 nitrogen and oxygen atoms in total. The lowest BCUT2D eigenvalue weighted by Gasteiger charge is -2.08. The molecule has 1 aromatic heterocycles. The molecule has 1 aromatic carbocycles. The maximum Gasteiger partial charge on any atom is 0.338 e. The van der Waals surface area contributed by atoms with Crippen molar-refractivity contribution in [3.8, 4) is 11.6 Å². The van der Waals surface area contributed by atoms with Gasteiger partial charge in [-0.25, -0.2) is 9.78 Å². The fourth-order valence-corrected chi connectivity index (χ4v) is 1.56. The minimum Gasteiger partial charge on any atom is -0.490 e. The normalized spacial score (nSPS) is 9.85. The van der Waals surface area contributed by atoms with Crippen LogP contribution in [-0.2, 0) is 4.74 Å². The minimum absolute atomic E-state index is 0.340. The summed E-state index contributed by atoms with van der Waals surface area (Å²) in [5, 5.41) is 0. The summed E-state index contributed by atoms with van der Waals surface area (Å²) >= 11 is 0. The first-order valence-electron chi connectivity index (χ1n) is 6.14. The summed E-state index contributed by atoms with van der Waals surface area (Å²) in [6, 6.07) is 12.6. The highest BCUT2D eigenvalue weighted by Gasteiger charge is 2.06. The smallest absolute Gasteiger partial charge is 0.338 e. The monoisotopic (exact) mass is 273 g/mol. The van der Waals surface area contributed by atoms with Gasteiger partial charge in [0.05, 0.1) is 12.7 Å². The Hall–Kier alpha value is -2.56. The molecule has 0 atom stereocenters. The van der Waals surface area contributed by atoms with Gasteiger partial charge in [0.1, 0.15) is 19.0 Å². The summed E-state index contributed by atoms with van der Waals surface area (Å²) in [7, 11) is 1.33. The molecule has 0 fully saturated rings. The number of pyridine rings is 1. The number of nitrogens with zero attached hydrogens (tertiary/aromatic N) is 1. The molecule has 104 valence electrons. The molecular formula is C15H15NO4. The number of hydrogen-bond acceptors (Lipinski definition) is 5. The molecular weight excluding hydrogens is 258 g/mol. The number of hydrogen-bond donors (Lipinski definition) is 0. The van der Waals surface area contributed by atoms with E-state index in [1.807, 2.05) is 30.3 Å². The van der Waals surface area contributed by atoms with Crippen LogP contribution in [0.25, 0.3) is 0 Å². The van der Waals surface area contributed by atoms with Gasteiger partial charge in [-0.3, -0.25) is 0 Å². The van der Waals surface area contributed by atoms with Gasteiger partial charge < -0.3 is 14.2 Å². The maximum absolute atomic E-state index is 11.4. The third-order valence-corrected chi connectivity index (χ3v) is 2.50. The summed E-state index contributed by atoms with van der Waals surface area (Å²) < 4.78 is 15.5. The molecule has 0 aliphatic rings. The lowest BCUT2D eigenvalue weighted by atomic mass is 10.3. The number of ether oxygens (including phenoxy) is 3. The van der Waals surface area contributed by atoms with Gasteiger partial charge in [0.25, 0.3) is 0 Å². The molecule has 0 bridgehead atoms. The van der Waals surface area contributed by atoms with Crippen LogP contribution in [0.1, 0.15) is 10.4 Å². The molecule has 0 radical (unpaired) electrons. The zero-order valence-corrected chi connectivity index (χ0v) is 11.1. The van der Waals surface area contributed by atoms with Crippen LogP contribution in [0.5, 0.6) is 11.6 Å². The van der Waals surface area contributed by atoms with Crippen LogP contribution < -0.4 is 9.47 Å². The van der Waals surface area contributed by atoms with Crippen LogP contribution in [-0.4, -0.2) is 31.3 Å². The largest absolute Gasteiger partial charge is 0.490 e. The van der Waals surface area contributed by atoms with Crippen LogP contribution in [0.3, 0.4) is 0 Å². The lowest BCUT2D eigenvalue weighted by Crippen LogP contribution is -2.10. The topological polar surface area (TPSA) is 57.7 Å². The molecule has 0 saturated heterocycles. The van der Waals surface area contributed by atoms with Crippen molar-refractivity contribution in [3.63, 3.8) is 0 Å². The molecule has 2 aromatic rings. The summed E-state index contributed by atoms with van der Waals surface area (Å²) in [5.41, 5.74) is 0.404. The zero-order chi connectivity index (χ0) is 14.2. The Kier molecular flexibility index (Phi) is 4.94. The van der Waals surface area contributed by atoms with Crippen molar-refractivity contribution >= 4 is 5.97 Å². The highest BCUT2D eigenvalue weighted by molar-refractivity contribution is 5.89. The second kappa shape index (κ2) is 7.13. The average molecular weight is 273 g/mol. The van der Waals surface area contributed by atoms with Crippen LogP contribution in [0.2, 0.25) is 0 Å². The summed E-state index contributed by atoms with van der Waals surface area (Å²) in [6.45, 7) is 0.737. The third-order valence-electron chi connectivity index (χ3n) is 2.50. The number of para-hydroxylation sites is 1. The van der Waals surface area contributed by atoms with Crippen molar-refractivity contribution in [2.45, 2.75) is 0 Å². The summed E-state index contributed by atoms with van der Waals surface area (Å²) in [6.07, 6.45) is 1.50.